The van der Waals surface area contributed by atoms with Crippen molar-refractivity contribution in [2.24, 2.45) is 17.8 Å². The largest absolute Gasteiger partial charge is 0.462 e. The Hall–Kier alpha value is -1.59. The smallest absolute Gasteiger partial charge is 0.306 e. The summed E-state index contributed by atoms with van der Waals surface area (Å²) in [5.74, 6) is 1.64. The van der Waals surface area contributed by atoms with Crippen molar-refractivity contribution in [3.63, 3.8) is 0 Å². The molecule has 0 N–H and O–H groups in total. The van der Waals surface area contributed by atoms with E-state index in [4.69, 9.17) is 14.2 Å². The van der Waals surface area contributed by atoms with Crippen LogP contribution in [0, 0.1) is 17.8 Å². The lowest BCUT2D eigenvalue weighted by Gasteiger charge is -2.18. The first kappa shape index (κ1) is 57.4. The Bertz CT molecular complexity index is 916. The Balaban J connectivity index is 4.30. The second kappa shape index (κ2) is 44.5. The topological polar surface area (TPSA) is 78.9 Å². The van der Waals surface area contributed by atoms with E-state index in [1.54, 1.807) is 0 Å². The zero-order chi connectivity index (χ0) is 43.4. The summed E-state index contributed by atoms with van der Waals surface area (Å²) < 4.78 is 16.8. The Labute approximate surface area is 368 Å². The summed E-state index contributed by atoms with van der Waals surface area (Å²) in [7, 11) is 0. The molecule has 0 fully saturated rings. The molecule has 0 aromatic carbocycles. The Morgan fingerprint density at radius 2 is 0.593 bits per heavy atom. The molecule has 0 saturated carbocycles. The summed E-state index contributed by atoms with van der Waals surface area (Å²) in [6, 6.07) is 0. The molecule has 0 spiro atoms. The van der Waals surface area contributed by atoms with E-state index in [-0.39, 0.29) is 31.1 Å². The molecule has 0 aromatic heterocycles. The van der Waals surface area contributed by atoms with Gasteiger partial charge in [0.05, 0.1) is 0 Å². The number of carbonyl (C=O) groups is 3. The summed E-state index contributed by atoms with van der Waals surface area (Å²) in [6.07, 6.45) is 43.7. The molecule has 0 bridgehead atoms. The SMILES string of the molecule is CCC(C)CCCCCCCCCCC(=O)O[C@H](COC(=O)CCCCCCCCCCCCCCCCC(C)C)COC(=O)CCCCCCCCCCCC(C)C. The number of esters is 3. The zero-order valence-corrected chi connectivity index (χ0v) is 40.5. The highest BCUT2D eigenvalue weighted by Crippen LogP contribution is 2.18. The van der Waals surface area contributed by atoms with Gasteiger partial charge in [0.1, 0.15) is 13.2 Å². The van der Waals surface area contributed by atoms with Crippen LogP contribution in [0.2, 0.25) is 0 Å². The summed E-state index contributed by atoms with van der Waals surface area (Å²) in [5, 5.41) is 0. The van der Waals surface area contributed by atoms with Crippen LogP contribution in [0.25, 0.3) is 0 Å². The molecule has 1 unspecified atom stereocenters. The van der Waals surface area contributed by atoms with Crippen LogP contribution in [0.5, 0.6) is 0 Å². The van der Waals surface area contributed by atoms with E-state index in [0.29, 0.717) is 19.3 Å². The van der Waals surface area contributed by atoms with Gasteiger partial charge >= 0.3 is 17.9 Å². The van der Waals surface area contributed by atoms with Crippen LogP contribution in [0.3, 0.4) is 0 Å². The molecular formula is C53H102O6. The average Bonchev–Trinajstić information content (AvgIpc) is 3.20. The maximum atomic E-state index is 12.8. The first-order chi connectivity index (χ1) is 28.6. The highest BCUT2D eigenvalue weighted by molar-refractivity contribution is 5.71. The molecule has 0 saturated heterocycles. The third-order valence-corrected chi connectivity index (χ3v) is 12.3. The molecule has 0 rings (SSSR count). The van der Waals surface area contributed by atoms with E-state index in [1.807, 2.05) is 0 Å². The third kappa shape index (κ3) is 45.8. The van der Waals surface area contributed by atoms with Gasteiger partial charge < -0.3 is 14.2 Å². The molecule has 0 aliphatic carbocycles. The Morgan fingerprint density at radius 3 is 0.881 bits per heavy atom. The number of unbranched alkanes of at least 4 members (excludes halogenated alkanes) is 28. The quantitative estimate of drug-likeness (QED) is 0.0345. The van der Waals surface area contributed by atoms with Gasteiger partial charge in [0.15, 0.2) is 6.10 Å². The molecule has 0 radical (unpaired) electrons. The summed E-state index contributed by atoms with van der Waals surface area (Å²) in [6.45, 7) is 13.7. The van der Waals surface area contributed by atoms with Crippen molar-refractivity contribution in [2.45, 2.75) is 292 Å². The maximum absolute atomic E-state index is 12.8. The van der Waals surface area contributed by atoms with Crippen molar-refractivity contribution in [1.82, 2.24) is 0 Å². The lowest BCUT2D eigenvalue weighted by Crippen LogP contribution is -2.30. The van der Waals surface area contributed by atoms with Gasteiger partial charge in [-0.05, 0) is 37.0 Å². The van der Waals surface area contributed by atoms with Crippen molar-refractivity contribution in [3.05, 3.63) is 0 Å². The van der Waals surface area contributed by atoms with E-state index in [1.165, 1.54) is 167 Å². The molecule has 0 aliphatic rings. The van der Waals surface area contributed by atoms with E-state index < -0.39 is 6.10 Å². The molecule has 0 aromatic rings. The fourth-order valence-electron chi connectivity index (χ4n) is 7.91. The van der Waals surface area contributed by atoms with Gasteiger partial charge in [-0.2, -0.15) is 0 Å². The Morgan fingerprint density at radius 1 is 0.339 bits per heavy atom. The van der Waals surface area contributed by atoms with Crippen LogP contribution in [-0.4, -0.2) is 37.2 Å². The molecule has 6 nitrogen and oxygen atoms in total. The average molecular weight is 835 g/mol. The van der Waals surface area contributed by atoms with Crippen molar-refractivity contribution < 1.29 is 28.6 Å². The van der Waals surface area contributed by atoms with Gasteiger partial charge in [-0.25, -0.2) is 0 Å². The van der Waals surface area contributed by atoms with Gasteiger partial charge in [0.2, 0.25) is 0 Å². The number of ether oxygens (including phenoxy) is 3. The fraction of sp³-hybridized carbons (Fsp3) is 0.943. The molecule has 6 heteroatoms. The predicted molar refractivity (Wildman–Crippen MR) is 252 cm³/mol. The minimum absolute atomic E-state index is 0.0650. The molecule has 59 heavy (non-hydrogen) atoms. The highest BCUT2D eigenvalue weighted by atomic mass is 16.6. The standard InChI is InChI=1S/C53H102O6/c1-7-49(6)41-35-29-23-19-20-26-32-38-44-53(56)59-50(46-58-52(55)43-37-31-25-18-14-16-22-28-34-40-48(4)5)45-57-51(54)42-36-30-24-17-13-11-9-8-10-12-15-21-27-33-39-47(2)3/h47-50H,7-46H2,1-6H3/t49?,50-/m1/s1. The van der Waals surface area contributed by atoms with Crippen molar-refractivity contribution >= 4 is 17.9 Å². The number of carbonyl (C=O) groups excluding carboxylic acids is 3. The minimum Gasteiger partial charge on any atom is -0.462 e. The van der Waals surface area contributed by atoms with Crippen LogP contribution >= 0.6 is 0 Å². The number of hydrogen-bond donors (Lipinski definition) is 0. The van der Waals surface area contributed by atoms with Crippen LogP contribution in [0.4, 0.5) is 0 Å². The lowest BCUT2D eigenvalue weighted by atomic mass is 9.99. The van der Waals surface area contributed by atoms with Crippen LogP contribution in [-0.2, 0) is 28.6 Å². The molecule has 0 heterocycles. The second-order valence-electron chi connectivity index (χ2n) is 19.4. The monoisotopic (exact) mass is 835 g/mol. The fourth-order valence-corrected chi connectivity index (χ4v) is 7.91. The first-order valence-electron chi connectivity index (χ1n) is 26.1. The predicted octanol–water partition coefficient (Wildman–Crippen LogP) is 16.8. The number of hydrogen-bond acceptors (Lipinski definition) is 6. The van der Waals surface area contributed by atoms with Crippen molar-refractivity contribution in [1.29, 1.82) is 0 Å². The number of rotatable bonds is 46. The Kier molecular flexibility index (Phi) is 43.3. The van der Waals surface area contributed by atoms with Gasteiger partial charge in [-0.1, -0.05) is 247 Å². The van der Waals surface area contributed by atoms with Crippen LogP contribution < -0.4 is 0 Å². The van der Waals surface area contributed by atoms with Crippen molar-refractivity contribution in [3.8, 4) is 0 Å². The van der Waals surface area contributed by atoms with E-state index in [0.717, 1.165) is 75.5 Å². The maximum Gasteiger partial charge on any atom is 0.306 e. The van der Waals surface area contributed by atoms with Crippen LogP contribution in [0.1, 0.15) is 286 Å². The highest BCUT2D eigenvalue weighted by Gasteiger charge is 2.19. The summed E-state index contributed by atoms with van der Waals surface area (Å²) in [4.78, 5) is 37.9. The van der Waals surface area contributed by atoms with Gasteiger partial charge in [-0.15, -0.1) is 0 Å². The molecule has 350 valence electrons. The first-order valence-corrected chi connectivity index (χ1v) is 26.1. The molecule has 0 aliphatic heterocycles. The zero-order valence-electron chi connectivity index (χ0n) is 40.5. The van der Waals surface area contributed by atoms with E-state index in [9.17, 15) is 14.4 Å². The van der Waals surface area contributed by atoms with Crippen LogP contribution in [0.15, 0.2) is 0 Å². The minimum atomic E-state index is -0.763. The van der Waals surface area contributed by atoms with Gasteiger partial charge in [0.25, 0.3) is 0 Å². The normalized spacial score (nSPS) is 12.6. The molecule has 2 atom stereocenters. The van der Waals surface area contributed by atoms with E-state index >= 15 is 0 Å². The van der Waals surface area contributed by atoms with Crippen molar-refractivity contribution in [2.75, 3.05) is 13.2 Å². The second-order valence-corrected chi connectivity index (χ2v) is 19.4. The lowest BCUT2D eigenvalue weighted by molar-refractivity contribution is -0.167. The molecular weight excluding hydrogens is 733 g/mol. The summed E-state index contributed by atoms with van der Waals surface area (Å²) in [5.41, 5.74) is 0. The van der Waals surface area contributed by atoms with Gasteiger partial charge in [0, 0.05) is 19.3 Å². The third-order valence-electron chi connectivity index (χ3n) is 12.3. The summed E-state index contributed by atoms with van der Waals surface area (Å²) >= 11 is 0. The van der Waals surface area contributed by atoms with E-state index in [2.05, 4.69) is 41.5 Å². The van der Waals surface area contributed by atoms with Gasteiger partial charge in [-0.3, -0.25) is 14.4 Å². The molecule has 0 amide bonds.